The molecule has 0 bridgehead atoms. The zero-order chi connectivity index (χ0) is 45.9. The molecule has 0 aliphatic heterocycles. The third-order valence-corrected chi connectivity index (χ3v) is 11.9. The van der Waals surface area contributed by atoms with Gasteiger partial charge in [0.05, 0.1) is 25.2 Å². The summed E-state index contributed by atoms with van der Waals surface area (Å²) in [6, 6.07) is -0.714. The summed E-state index contributed by atoms with van der Waals surface area (Å²) in [5, 5.41) is 23.8. The molecule has 0 fully saturated rings. The van der Waals surface area contributed by atoms with Crippen LogP contribution in [0.2, 0.25) is 0 Å². The monoisotopic (exact) mass is 880 g/mol. The summed E-state index contributed by atoms with van der Waals surface area (Å²) in [6.45, 7) is 6.33. The van der Waals surface area contributed by atoms with E-state index < -0.39 is 18.2 Å². The van der Waals surface area contributed by atoms with Crippen LogP contribution < -0.4 is 5.32 Å². The van der Waals surface area contributed by atoms with Crippen LogP contribution in [0.5, 0.6) is 0 Å². The van der Waals surface area contributed by atoms with Gasteiger partial charge in [0, 0.05) is 6.42 Å². The summed E-state index contributed by atoms with van der Waals surface area (Å²) < 4.78 is 5.92. The zero-order valence-corrected chi connectivity index (χ0v) is 41.4. The third kappa shape index (κ3) is 45.7. The summed E-state index contributed by atoms with van der Waals surface area (Å²) in [5.41, 5.74) is 0. The van der Waals surface area contributed by atoms with Crippen LogP contribution in [0.25, 0.3) is 0 Å². The quantitative estimate of drug-likeness (QED) is 0.0245. The Bertz CT molecular complexity index is 1170. The number of carbonyl (C=O) groups excluding carboxylic acids is 2. The van der Waals surface area contributed by atoms with E-state index in [-0.39, 0.29) is 24.9 Å². The van der Waals surface area contributed by atoms with Gasteiger partial charge in [-0.25, -0.2) is 0 Å². The first-order valence-corrected chi connectivity index (χ1v) is 26.7. The largest absolute Gasteiger partial charge is 0.462 e. The van der Waals surface area contributed by atoms with Gasteiger partial charge in [-0.1, -0.05) is 241 Å². The smallest absolute Gasteiger partial charge is 0.306 e. The van der Waals surface area contributed by atoms with Crippen molar-refractivity contribution in [3.63, 3.8) is 0 Å². The molecule has 0 aromatic rings. The van der Waals surface area contributed by atoms with Crippen molar-refractivity contribution in [1.82, 2.24) is 5.32 Å². The first kappa shape index (κ1) is 60.3. The van der Waals surface area contributed by atoms with Crippen molar-refractivity contribution in [2.24, 2.45) is 0 Å². The molecule has 1 amide bonds. The molecule has 0 heterocycles. The number of aliphatic hydroxyl groups is 2. The Hall–Kier alpha value is -2.70. The van der Waals surface area contributed by atoms with Crippen LogP contribution >= 0.6 is 0 Å². The second kappa shape index (κ2) is 50.3. The van der Waals surface area contributed by atoms with Crippen molar-refractivity contribution < 1.29 is 24.5 Å². The lowest BCUT2D eigenvalue weighted by atomic mass is 10.0. The van der Waals surface area contributed by atoms with Crippen LogP contribution in [0.3, 0.4) is 0 Å². The van der Waals surface area contributed by atoms with Gasteiger partial charge in [0.15, 0.2) is 0 Å². The lowest BCUT2D eigenvalue weighted by Crippen LogP contribution is -2.46. The van der Waals surface area contributed by atoms with Crippen molar-refractivity contribution in [1.29, 1.82) is 0 Å². The highest BCUT2D eigenvalue weighted by Crippen LogP contribution is 2.18. The second-order valence-electron chi connectivity index (χ2n) is 18.0. The van der Waals surface area contributed by atoms with Gasteiger partial charge in [0.1, 0.15) is 6.10 Å². The maximum Gasteiger partial charge on any atom is 0.306 e. The van der Waals surface area contributed by atoms with Gasteiger partial charge in [0.2, 0.25) is 5.91 Å². The fourth-order valence-electron chi connectivity index (χ4n) is 7.86. The number of hydrogen-bond donors (Lipinski definition) is 3. The highest BCUT2D eigenvalue weighted by Gasteiger charge is 2.24. The molecule has 6 nitrogen and oxygen atoms in total. The van der Waals surface area contributed by atoms with E-state index in [0.717, 1.165) is 70.6 Å². The summed E-state index contributed by atoms with van der Waals surface area (Å²) in [6.07, 6.45) is 63.9. The molecule has 0 saturated carbocycles. The molecular formula is C57H101NO5. The van der Waals surface area contributed by atoms with Gasteiger partial charge >= 0.3 is 5.97 Å². The lowest BCUT2D eigenvalue weighted by molar-refractivity contribution is -0.151. The molecule has 0 aliphatic rings. The van der Waals surface area contributed by atoms with Crippen molar-refractivity contribution in [3.05, 3.63) is 72.9 Å². The van der Waals surface area contributed by atoms with Crippen LogP contribution in [-0.4, -0.2) is 46.9 Å². The summed E-state index contributed by atoms with van der Waals surface area (Å²) in [7, 11) is 0. The Morgan fingerprint density at radius 1 is 0.476 bits per heavy atom. The lowest BCUT2D eigenvalue weighted by Gasteiger charge is -2.24. The molecule has 0 radical (unpaired) electrons. The maximum absolute atomic E-state index is 13.2. The number of carbonyl (C=O) groups is 2. The number of amides is 1. The number of nitrogens with one attached hydrogen (secondary N) is 1. The number of hydrogen-bond acceptors (Lipinski definition) is 5. The highest BCUT2D eigenvalue weighted by molar-refractivity contribution is 5.77. The van der Waals surface area contributed by atoms with E-state index in [1.807, 2.05) is 36.5 Å². The molecule has 0 aromatic heterocycles. The number of allylic oxidation sites excluding steroid dienone is 12. The molecule has 364 valence electrons. The minimum absolute atomic E-state index is 0.0552. The first-order chi connectivity index (χ1) is 31.0. The number of esters is 1. The minimum atomic E-state index is -0.799. The van der Waals surface area contributed by atoms with Crippen LogP contribution in [0, 0.1) is 0 Å². The molecule has 63 heavy (non-hydrogen) atoms. The van der Waals surface area contributed by atoms with Crippen LogP contribution in [0.1, 0.15) is 252 Å². The summed E-state index contributed by atoms with van der Waals surface area (Å²) in [5.74, 6) is -0.525. The van der Waals surface area contributed by atoms with Gasteiger partial charge in [-0.3, -0.25) is 9.59 Å². The molecule has 3 N–H and O–H groups in total. The van der Waals surface area contributed by atoms with Crippen molar-refractivity contribution in [3.8, 4) is 0 Å². The number of aliphatic hydroxyl groups excluding tert-OH is 2. The molecule has 0 rings (SSSR count). The Morgan fingerprint density at radius 3 is 1.35 bits per heavy atom. The molecule has 0 aliphatic carbocycles. The second-order valence-corrected chi connectivity index (χ2v) is 18.0. The number of unbranched alkanes of at least 4 members (excludes halogenated alkanes) is 27. The van der Waals surface area contributed by atoms with Crippen LogP contribution in [-0.2, 0) is 14.3 Å². The van der Waals surface area contributed by atoms with Crippen molar-refractivity contribution >= 4 is 11.9 Å². The third-order valence-electron chi connectivity index (χ3n) is 11.9. The first-order valence-electron chi connectivity index (χ1n) is 26.7. The molecule has 3 unspecified atom stereocenters. The normalized spacial score (nSPS) is 13.8. The van der Waals surface area contributed by atoms with Crippen LogP contribution in [0.15, 0.2) is 72.9 Å². The minimum Gasteiger partial charge on any atom is -0.462 e. The predicted octanol–water partition coefficient (Wildman–Crippen LogP) is 16.2. The maximum atomic E-state index is 13.2. The molecule has 3 atom stereocenters. The van der Waals surface area contributed by atoms with Gasteiger partial charge in [-0.2, -0.15) is 0 Å². The van der Waals surface area contributed by atoms with Gasteiger partial charge in [0.25, 0.3) is 0 Å². The summed E-state index contributed by atoms with van der Waals surface area (Å²) in [4.78, 5) is 26.2. The van der Waals surface area contributed by atoms with E-state index in [0.29, 0.717) is 19.3 Å². The topological polar surface area (TPSA) is 95.9 Å². The van der Waals surface area contributed by atoms with E-state index in [4.69, 9.17) is 4.74 Å². The van der Waals surface area contributed by atoms with E-state index in [1.165, 1.54) is 135 Å². The van der Waals surface area contributed by atoms with Crippen LogP contribution in [0.4, 0.5) is 0 Å². The molecular weight excluding hydrogens is 779 g/mol. The molecule has 6 heteroatoms. The average Bonchev–Trinajstić information content (AvgIpc) is 3.28. The number of ether oxygens (including phenoxy) is 1. The zero-order valence-electron chi connectivity index (χ0n) is 41.4. The van der Waals surface area contributed by atoms with E-state index >= 15 is 0 Å². The fourth-order valence-corrected chi connectivity index (χ4v) is 7.86. The van der Waals surface area contributed by atoms with Gasteiger partial charge in [-0.15, -0.1) is 0 Å². The molecule has 0 spiro atoms. The SMILES string of the molecule is CC/C=C/C=C/C=C\C=C/C=C/CCCCCC(=O)OC(CCCCCCCCC/C=C/CCCCCCCC)CC(=O)NC(CO)C(O)CCCCCCCCCCCCCC. The standard InChI is InChI=1S/C57H101NO5/c1-4-7-10-13-16-19-22-25-27-28-30-31-33-36-39-42-45-48-53(63-57(62)50-47-44-41-38-35-32-29-26-23-20-17-14-11-8-5-2)51-56(61)58-54(52-59)55(60)49-46-43-40-37-34-24-21-18-15-12-9-6-3/h8,11,14,17,20,23,25-27,29,32,35,53-55,59-60H,4-7,9-10,12-13,15-16,18-19,21-22,24,28,30-31,33-34,36-52H2,1-3H3,(H,58,61)/b11-8+,17-14+,23-20-,27-25+,29-26-,35-32+. The predicted molar refractivity (Wildman–Crippen MR) is 273 cm³/mol. The Balaban J connectivity index is 4.67. The molecule has 0 aromatic carbocycles. The van der Waals surface area contributed by atoms with Gasteiger partial charge in [-0.05, 0) is 70.6 Å². The van der Waals surface area contributed by atoms with Crippen molar-refractivity contribution in [2.75, 3.05) is 6.61 Å². The Labute approximate surface area is 390 Å². The Kier molecular flexibility index (Phi) is 48.1. The van der Waals surface area contributed by atoms with E-state index in [1.54, 1.807) is 0 Å². The fraction of sp³-hybridized carbons (Fsp3) is 0.754. The van der Waals surface area contributed by atoms with E-state index in [9.17, 15) is 19.8 Å². The molecule has 0 saturated heterocycles. The van der Waals surface area contributed by atoms with Gasteiger partial charge < -0.3 is 20.3 Å². The average molecular weight is 880 g/mol. The summed E-state index contributed by atoms with van der Waals surface area (Å²) >= 11 is 0. The highest BCUT2D eigenvalue weighted by atomic mass is 16.5. The number of rotatable bonds is 47. The van der Waals surface area contributed by atoms with Crippen molar-refractivity contribution in [2.45, 2.75) is 270 Å². The Morgan fingerprint density at radius 2 is 0.873 bits per heavy atom. The van der Waals surface area contributed by atoms with E-state index in [2.05, 4.69) is 62.5 Å².